The molecule has 1 N–H and O–H groups in total. The number of ether oxygens (including phenoxy) is 1. The molecule has 99 valence electrons. The molecule has 0 saturated heterocycles. The monoisotopic (exact) mass is 257 g/mol. The molecule has 6 heteroatoms. The number of alkyl halides is 2. The van der Waals surface area contributed by atoms with Crippen LogP contribution in [0.3, 0.4) is 0 Å². The van der Waals surface area contributed by atoms with Gasteiger partial charge in [0, 0.05) is 31.6 Å². The first kappa shape index (κ1) is 14.3. The number of aromatic nitrogens is 1. The molecule has 1 aromatic rings. The SMILES string of the molecule is COc1ccc([CH]C(C)NC(=O)C(C)(F)F)cn1. The zero-order valence-electron chi connectivity index (χ0n) is 10.4. The molecule has 0 aromatic carbocycles. The van der Waals surface area contributed by atoms with Crippen LogP contribution in [0.15, 0.2) is 18.3 Å². The second-order valence-electron chi connectivity index (χ2n) is 3.95. The third-order valence-corrected chi connectivity index (χ3v) is 2.17. The van der Waals surface area contributed by atoms with Crippen LogP contribution in [0.2, 0.25) is 0 Å². The molecule has 0 fully saturated rings. The minimum atomic E-state index is -3.37. The van der Waals surface area contributed by atoms with Gasteiger partial charge in [0.15, 0.2) is 0 Å². The highest BCUT2D eigenvalue weighted by Gasteiger charge is 2.32. The summed E-state index contributed by atoms with van der Waals surface area (Å²) in [6.45, 7) is 2.16. The van der Waals surface area contributed by atoms with Crippen LogP contribution in [0.25, 0.3) is 0 Å². The molecule has 1 rings (SSSR count). The second-order valence-corrected chi connectivity index (χ2v) is 3.95. The average molecular weight is 257 g/mol. The van der Waals surface area contributed by atoms with Crippen molar-refractivity contribution in [3.63, 3.8) is 0 Å². The average Bonchev–Trinajstić information content (AvgIpc) is 2.28. The number of hydrogen-bond donors (Lipinski definition) is 1. The van der Waals surface area contributed by atoms with Crippen LogP contribution in [0.4, 0.5) is 8.78 Å². The van der Waals surface area contributed by atoms with Crippen molar-refractivity contribution in [3.8, 4) is 5.88 Å². The van der Waals surface area contributed by atoms with Crippen molar-refractivity contribution >= 4 is 5.91 Å². The van der Waals surface area contributed by atoms with Crippen molar-refractivity contribution in [2.45, 2.75) is 25.8 Å². The van der Waals surface area contributed by atoms with Crippen LogP contribution in [0, 0.1) is 6.42 Å². The fourth-order valence-corrected chi connectivity index (χ4v) is 1.27. The van der Waals surface area contributed by atoms with E-state index in [1.165, 1.54) is 13.3 Å². The van der Waals surface area contributed by atoms with E-state index in [1.807, 2.05) is 0 Å². The molecule has 0 saturated carbocycles. The van der Waals surface area contributed by atoms with Gasteiger partial charge in [0.1, 0.15) is 0 Å². The van der Waals surface area contributed by atoms with E-state index in [0.717, 1.165) is 0 Å². The van der Waals surface area contributed by atoms with E-state index < -0.39 is 17.9 Å². The smallest absolute Gasteiger partial charge is 0.321 e. The van der Waals surface area contributed by atoms with Gasteiger partial charge in [-0.3, -0.25) is 4.79 Å². The Morgan fingerprint density at radius 1 is 1.56 bits per heavy atom. The van der Waals surface area contributed by atoms with Gasteiger partial charge < -0.3 is 10.1 Å². The predicted octanol–water partition coefficient (Wildman–Crippen LogP) is 1.80. The highest BCUT2D eigenvalue weighted by molar-refractivity contribution is 5.83. The number of methoxy groups -OCH3 is 1. The molecule has 0 aliphatic rings. The third kappa shape index (κ3) is 4.27. The first-order valence-corrected chi connectivity index (χ1v) is 5.36. The van der Waals surface area contributed by atoms with Gasteiger partial charge in [-0.1, -0.05) is 6.07 Å². The van der Waals surface area contributed by atoms with Gasteiger partial charge in [0.05, 0.1) is 7.11 Å². The summed E-state index contributed by atoms with van der Waals surface area (Å²) >= 11 is 0. The molecule has 1 amide bonds. The minimum Gasteiger partial charge on any atom is -0.481 e. The Kier molecular flexibility index (Phi) is 4.58. The van der Waals surface area contributed by atoms with E-state index in [-0.39, 0.29) is 0 Å². The Morgan fingerprint density at radius 3 is 2.67 bits per heavy atom. The highest BCUT2D eigenvalue weighted by Crippen LogP contribution is 2.13. The van der Waals surface area contributed by atoms with Crippen LogP contribution in [0.5, 0.6) is 5.88 Å². The van der Waals surface area contributed by atoms with Gasteiger partial charge in [-0.2, -0.15) is 8.78 Å². The Bertz CT molecular complexity index is 402. The molecule has 1 atom stereocenters. The van der Waals surface area contributed by atoms with Crippen LogP contribution in [0.1, 0.15) is 19.4 Å². The second kappa shape index (κ2) is 5.75. The fourth-order valence-electron chi connectivity index (χ4n) is 1.27. The van der Waals surface area contributed by atoms with Gasteiger partial charge in [-0.15, -0.1) is 0 Å². The third-order valence-electron chi connectivity index (χ3n) is 2.17. The van der Waals surface area contributed by atoms with Crippen molar-refractivity contribution in [2.24, 2.45) is 0 Å². The molecule has 1 heterocycles. The fraction of sp³-hybridized carbons (Fsp3) is 0.417. The Balaban J connectivity index is 2.54. The molecule has 0 aliphatic carbocycles. The number of rotatable bonds is 5. The molecule has 0 aliphatic heterocycles. The number of pyridine rings is 1. The van der Waals surface area contributed by atoms with Crippen molar-refractivity contribution < 1.29 is 18.3 Å². The van der Waals surface area contributed by atoms with Gasteiger partial charge in [-0.05, 0) is 12.5 Å². The molecule has 4 nitrogen and oxygen atoms in total. The lowest BCUT2D eigenvalue weighted by Crippen LogP contribution is -2.42. The van der Waals surface area contributed by atoms with Crippen LogP contribution < -0.4 is 10.1 Å². The first-order chi connectivity index (χ1) is 8.32. The van der Waals surface area contributed by atoms with Gasteiger partial charge in [-0.25, -0.2) is 4.98 Å². The molecule has 1 aromatic heterocycles. The lowest BCUT2D eigenvalue weighted by Gasteiger charge is -2.16. The number of halogens is 2. The number of amides is 1. The van der Waals surface area contributed by atoms with Crippen molar-refractivity contribution in [3.05, 3.63) is 30.3 Å². The highest BCUT2D eigenvalue weighted by atomic mass is 19.3. The van der Waals surface area contributed by atoms with Crippen LogP contribution in [-0.4, -0.2) is 30.0 Å². The lowest BCUT2D eigenvalue weighted by molar-refractivity contribution is -0.143. The summed E-state index contributed by atoms with van der Waals surface area (Å²) in [5.41, 5.74) is 0.711. The quantitative estimate of drug-likeness (QED) is 0.875. The maximum Gasteiger partial charge on any atom is 0.321 e. The molecule has 0 bridgehead atoms. The maximum absolute atomic E-state index is 12.7. The van der Waals surface area contributed by atoms with E-state index in [9.17, 15) is 13.6 Å². The zero-order valence-corrected chi connectivity index (χ0v) is 10.4. The van der Waals surface area contributed by atoms with E-state index in [4.69, 9.17) is 4.74 Å². The van der Waals surface area contributed by atoms with Crippen molar-refractivity contribution in [1.82, 2.24) is 10.3 Å². The van der Waals surface area contributed by atoms with Crippen molar-refractivity contribution in [2.75, 3.05) is 7.11 Å². The number of nitrogens with zero attached hydrogens (tertiary/aromatic N) is 1. The molecule has 18 heavy (non-hydrogen) atoms. The number of carbonyl (C=O) groups is 1. The van der Waals surface area contributed by atoms with Crippen molar-refractivity contribution in [1.29, 1.82) is 0 Å². The standard InChI is InChI=1S/C12H15F2N2O2/c1-8(16-11(17)12(2,13)14)6-9-4-5-10(18-3)15-7-9/h4-8H,1-3H3,(H,16,17). The molecular formula is C12H15F2N2O2. The number of hydrogen-bond acceptors (Lipinski definition) is 3. The van der Waals surface area contributed by atoms with Gasteiger partial charge in [0.2, 0.25) is 5.88 Å². The summed E-state index contributed by atoms with van der Waals surface area (Å²) in [4.78, 5) is 15.0. The van der Waals surface area contributed by atoms with Crippen LogP contribution in [-0.2, 0) is 4.79 Å². The minimum absolute atomic E-state index is 0.462. The summed E-state index contributed by atoms with van der Waals surface area (Å²) in [5.74, 6) is -4.21. The summed E-state index contributed by atoms with van der Waals surface area (Å²) < 4.78 is 30.2. The molecule has 0 spiro atoms. The number of nitrogens with one attached hydrogen (secondary N) is 1. The summed E-state index contributed by atoms with van der Waals surface area (Å²) in [5, 5.41) is 2.19. The molecule has 1 radical (unpaired) electrons. The molecular weight excluding hydrogens is 242 g/mol. The normalized spacial score (nSPS) is 12.9. The predicted molar refractivity (Wildman–Crippen MR) is 62.4 cm³/mol. The summed E-state index contributed by atoms with van der Waals surface area (Å²) in [6.07, 6.45) is 3.15. The largest absolute Gasteiger partial charge is 0.481 e. The maximum atomic E-state index is 12.7. The van der Waals surface area contributed by atoms with E-state index in [1.54, 1.807) is 25.5 Å². The zero-order chi connectivity index (χ0) is 13.8. The van der Waals surface area contributed by atoms with E-state index in [2.05, 4.69) is 10.3 Å². The topological polar surface area (TPSA) is 51.2 Å². The number of carbonyl (C=O) groups excluding carboxylic acids is 1. The summed E-state index contributed by atoms with van der Waals surface area (Å²) in [6, 6.07) is 2.85. The first-order valence-electron chi connectivity index (χ1n) is 5.36. The van der Waals surface area contributed by atoms with Crippen LogP contribution >= 0.6 is 0 Å². The lowest BCUT2D eigenvalue weighted by atomic mass is 10.1. The molecule has 1 unspecified atom stereocenters. The Hall–Kier alpha value is -1.72. The van der Waals surface area contributed by atoms with E-state index >= 15 is 0 Å². The van der Waals surface area contributed by atoms with Gasteiger partial charge >= 0.3 is 5.92 Å². The van der Waals surface area contributed by atoms with Gasteiger partial charge in [0.25, 0.3) is 5.91 Å². The Labute approximate surface area is 104 Å². The summed E-state index contributed by atoms with van der Waals surface area (Å²) in [7, 11) is 1.50. The Morgan fingerprint density at radius 2 is 2.22 bits per heavy atom. The van der Waals surface area contributed by atoms with E-state index in [0.29, 0.717) is 18.4 Å².